The Morgan fingerprint density at radius 1 is 1.12 bits per heavy atom. The van der Waals surface area contributed by atoms with Crippen molar-refractivity contribution in [3.63, 3.8) is 0 Å². The van der Waals surface area contributed by atoms with Crippen LogP contribution in [-0.2, 0) is 0 Å². The molecule has 0 aliphatic carbocycles. The van der Waals surface area contributed by atoms with Gasteiger partial charge in [0.05, 0.1) is 0 Å². The van der Waals surface area contributed by atoms with Crippen molar-refractivity contribution < 1.29 is 0 Å². The highest BCUT2D eigenvalue weighted by molar-refractivity contribution is 9.11. The molecule has 0 fully saturated rings. The molecule has 16 heavy (non-hydrogen) atoms. The minimum atomic E-state index is 0.602. The highest BCUT2D eigenvalue weighted by Crippen LogP contribution is 2.34. The molecule has 1 atom stereocenters. The van der Waals surface area contributed by atoms with Gasteiger partial charge in [0.1, 0.15) is 0 Å². The van der Waals surface area contributed by atoms with Crippen molar-refractivity contribution in [3.8, 4) is 0 Å². The summed E-state index contributed by atoms with van der Waals surface area (Å²) in [5.74, 6) is 0.602. The topological polar surface area (TPSA) is 0 Å². The molecule has 2 rings (SSSR count). The van der Waals surface area contributed by atoms with Gasteiger partial charge in [0, 0.05) is 8.95 Å². The number of hydrogen-bond acceptors (Lipinski definition) is 0. The Bertz CT molecular complexity index is 517. The summed E-state index contributed by atoms with van der Waals surface area (Å²) in [6.45, 7) is 4.51. The zero-order valence-corrected chi connectivity index (χ0v) is 12.6. The average molecular weight is 342 g/mol. The first-order valence-electron chi connectivity index (χ1n) is 5.51. The Hall–Kier alpha value is -0.340. The highest BCUT2D eigenvalue weighted by atomic mass is 79.9. The largest absolute Gasteiger partial charge is 0.0648 e. The average Bonchev–Trinajstić information content (AvgIpc) is 2.27. The summed E-state index contributed by atoms with van der Waals surface area (Å²) in [6, 6.07) is 10.8. The number of benzene rings is 2. The van der Waals surface area contributed by atoms with Gasteiger partial charge in [-0.2, -0.15) is 0 Å². The molecule has 2 heteroatoms. The van der Waals surface area contributed by atoms with Crippen LogP contribution in [0.1, 0.15) is 31.7 Å². The molecule has 0 aliphatic rings. The van der Waals surface area contributed by atoms with Crippen molar-refractivity contribution in [2.24, 2.45) is 0 Å². The van der Waals surface area contributed by atoms with Crippen LogP contribution in [0.25, 0.3) is 10.8 Å². The van der Waals surface area contributed by atoms with E-state index < -0.39 is 0 Å². The molecule has 2 aromatic carbocycles. The van der Waals surface area contributed by atoms with Gasteiger partial charge in [-0.3, -0.25) is 0 Å². The summed E-state index contributed by atoms with van der Waals surface area (Å²) in [5.41, 5.74) is 1.43. The van der Waals surface area contributed by atoms with Gasteiger partial charge in [0.15, 0.2) is 0 Å². The quantitative estimate of drug-likeness (QED) is 0.640. The lowest BCUT2D eigenvalue weighted by Crippen LogP contribution is -1.93. The number of hydrogen-bond donors (Lipinski definition) is 0. The molecular formula is C14H14Br2. The van der Waals surface area contributed by atoms with Crippen molar-refractivity contribution in [1.29, 1.82) is 0 Å². The van der Waals surface area contributed by atoms with E-state index in [0.717, 1.165) is 8.95 Å². The molecule has 2 aromatic rings. The summed E-state index contributed by atoms with van der Waals surface area (Å²) in [5, 5.41) is 2.64. The lowest BCUT2D eigenvalue weighted by atomic mass is 9.93. The van der Waals surface area contributed by atoms with E-state index in [9.17, 15) is 0 Å². The van der Waals surface area contributed by atoms with Gasteiger partial charge in [-0.05, 0) is 40.8 Å². The van der Waals surface area contributed by atoms with Crippen LogP contribution in [0.2, 0.25) is 0 Å². The van der Waals surface area contributed by atoms with Gasteiger partial charge in [0.2, 0.25) is 0 Å². The third-order valence-corrected chi connectivity index (χ3v) is 4.20. The van der Waals surface area contributed by atoms with Crippen molar-refractivity contribution in [1.82, 2.24) is 0 Å². The molecule has 0 nitrogen and oxygen atoms in total. The zero-order chi connectivity index (χ0) is 11.7. The first-order valence-corrected chi connectivity index (χ1v) is 7.09. The lowest BCUT2D eigenvalue weighted by molar-refractivity contribution is 0.739. The Morgan fingerprint density at radius 2 is 1.88 bits per heavy atom. The maximum atomic E-state index is 3.62. The number of rotatable bonds is 2. The Kier molecular flexibility index (Phi) is 3.70. The third kappa shape index (κ3) is 2.18. The van der Waals surface area contributed by atoms with Gasteiger partial charge in [-0.1, -0.05) is 63.9 Å². The normalized spacial score (nSPS) is 13.0. The molecule has 0 saturated carbocycles. The fourth-order valence-corrected chi connectivity index (χ4v) is 3.34. The van der Waals surface area contributed by atoms with Crippen LogP contribution < -0.4 is 0 Å². The third-order valence-electron chi connectivity index (χ3n) is 3.09. The molecule has 0 amide bonds. The second-order valence-corrected chi connectivity index (χ2v) is 5.91. The van der Waals surface area contributed by atoms with Crippen LogP contribution in [0, 0.1) is 0 Å². The smallest absolute Gasteiger partial charge is 0.0265 e. The van der Waals surface area contributed by atoms with Crippen LogP contribution in [-0.4, -0.2) is 0 Å². The van der Waals surface area contributed by atoms with Crippen molar-refractivity contribution in [3.05, 3.63) is 44.8 Å². The van der Waals surface area contributed by atoms with Gasteiger partial charge in [0.25, 0.3) is 0 Å². The second kappa shape index (κ2) is 4.89. The van der Waals surface area contributed by atoms with E-state index in [1.165, 1.54) is 22.8 Å². The highest BCUT2D eigenvalue weighted by Gasteiger charge is 2.09. The molecule has 0 saturated heterocycles. The summed E-state index contributed by atoms with van der Waals surface area (Å²) >= 11 is 7.18. The number of fused-ring (bicyclic) bond motifs is 1. The van der Waals surface area contributed by atoms with Crippen LogP contribution >= 0.6 is 31.9 Å². The molecule has 0 bridgehead atoms. The number of halogens is 2. The van der Waals surface area contributed by atoms with Gasteiger partial charge in [-0.15, -0.1) is 0 Å². The van der Waals surface area contributed by atoms with Gasteiger partial charge < -0.3 is 0 Å². The van der Waals surface area contributed by atoms with E-state index in [4.69, 9.17) is 0 Å². The summed E-state index contributed by atoms with van der Waals surface area (Å²) < 4.78 is 2.28. The van der Waals surface area contributed by atoms with E-state index >= 15 is 0 Å². The van der Waals surface area contributed by atoms with E-state index in [1.807, 2.05) is 0 Å². The molecule has 0 radical (unpaired) electrons. The standard InChI is InChI=1S/C14H14Br2/c1-3-9(2)11-5-4-6-12-13(11)7-10(15)8-14(12)16/h4-9H,3H2,1-2H3. The fourth-order valence-electron chi connectivity index (χ4n) is 1.98. The SMILES string of the molecule is CCC(C)c1cccc2c(Br)cc(Br)cc12. The minimum absolute atomic E-state index is 0.602. The molecule has 0 heterocycles. The molecule has 0 N–H and O–H groups in total. The van der Waals surface area contributed by atoms with Crippen LogP contribution in [0.5, 0.6) is 0 Å². The van der Waals surface area contributed by atoms with Crippen molar-refractivity contribution >= 4 is 42.6 Å². The predicted molar refractivity (Wildman–Crippen MR) is 78.1 cm³/mol. The molecule has 0 aromatic heterocycles. The van der Waals surface area contributed by atoms with Crippen LogP contribution in [0.4, 0.5) is 0 Å². The Balaban J connectivity index is 2.76. The van der Waals surface area contributed by atoms with E-state index in [0.29, 0.717) is 5.92 Å². The monoisotopic (exact) mass is 340 g/mol. The maximum absolute atomic E-state index is 3.62. The summed E-state index contributed by atoms with van der Waals surface area (Å²) in [7, 11) is 0. The molecular weight excluding hydrogens is 328 g/mol. The molecule has 84 valence electrons. The van der Waals surface area contributed by atoms with Crippen molar-refractivity contribution in [2.75, 3.05) is 0 Å². The minimum Gasteiger partial charge on any atom is -0.0648 e. The Labute approximate surface area is 113 Å². The molecule has 0 spiro atoms. The molecule has 0 aliphatic heterocycles. The lowest BCUT2D eigenvalue weighted by Gasteiger charge is -2.13. The van der Waals surface area contributed by atoms with Crippen LogP contribution in [0.15, 0.2) is 39.3 Å². The molecule has 1 unspecified atom stereocenters. The zero-order valence-electron chi connectivity index (χ0n) is 9.43. The predicted octanol–water partition coefficient (Wildman–Crippen LogP) is 5.88. The second-order valence-electron chi connectivity index (χ2n) is 4.14. The van der Waals surface area contributed by atoms with Crippen LogP contribution in [0.3, 0.4) is 0 Å². The Morgan fingerprint density at radius 3 is 2.56 bits per heavy atom. The first-order chi connectivity index (χ1) is 7.63. The van der Waals surface area contributed by atoms with Gasteiger partial charge >= 0.3 is 0 Å². The van der Waals surface area contributed by atoms with E-state index in [-0.39, 0.29) is 0 Å². The van der Waals surface area contributed by atoms with Crippen molar-refractivity contribution in [2.45, 2.75) is 26.2 Å². The first kappa shape index (κ1) is 12.1. The van der Waals surface area contributed by atoms with Gasteiger partial charge in [-0.25, -0.2) is 0 Å². The van der Waals surface area contributed by atoms with E-state index in [2.05, 4.69) is 76.0 Å². The summed E-state index contributed by atoms with van der Waals surface area (Å²) in [6.07, 6.45) is 1.17. The van der Waals surface area contributed by atoms with E-state index in [1.54, 1.807) is 0 Å². The summed E-state index contributed by atoms with van der Waals surface area (Å²) in [4.78, 5) is 0. The fraction of sp³-hybridized carbons (Fsp3) is 0.286. The maximum Gasteiger partial charge on any atom is 0.0265 e.